The summed E-state index contributed by atoms with van der Waals surface area (Å²) in [7, 11) is 0. The van der Waals surface area contributed by atoms with Gasteiger partial charge in [0.2, 0.25) is 0 Å². The fourth-order valence-corrected chi connectivity index (χ4v) is 1.03. The molecule has 0 fully saturated rings. The van der Waals surface area contributed by atoms with Crippen LogP contribution in [0.15, 0.2) is 28.5 Å². The first-order chi connectivity index (χ1) is 6.27. The number of hydrogen-bond acceptors (Lipinski definition) is 3. The van der Waals surface area contributed by atoms with Crippen LogP contribution < -0.4 is 0 Å². The van der Waals surface area contributed by atoms with E-state index in [1.807, 2.05) is 0 Å². The number of hydrogen-bond donors (Lipinski definition) is 0. The molecule has 0 aromatic heterocycles. The Balaban J connectivity index is 2.95. The van der Waals surface area contributed by atoms with Crippen LogP contribution in [0, 0.1) is 11.8 Å². The molecule has 0 aliphatic carbocycles. The normalized spacial score (nSPS) is 9.00. The molecular weight excluding hydrogens is 168 g/mol. The van der Waals surface area contributed by atoms with Crippen LogP contribution in [-0.2, 0) is 6.54 Å². The first-order valence-corrected chi connectivity index (χ1v) is 3.71. The summed E-state index contributed by atoms with van der Waals surface area (Å²) < 4.78 is 0. The number of rotatable bonds is 3. The Bertz CT molecular complexity index is 368. The van der Waals surface area contributed by atoms with Gasteiger partial charge in [-0.05, 0) is 34.8 Å². The predicted molar refractivity (Wildman–Crippen MR) is 49.5 cm³/mol. The zero-order valence-electron chi connectivity index (χ0n) is 7.14. The third kappa shape index (κ3) is 2.28. The van der Waals surface area contributed by atoms with Crippen molar-refractivity contribution < 1.29 is 0 Å². The zero-order chi connectivity index (χ0) is 9.68. The first-order valence-electron chi connectivity index (χ1n) is 3.71. The molecule has 0 atom stereocenters. The second-order valence-corrected chi connectivity index (χ2v) is 2.60. The lowest BCUT2D eigenvalue weighted by atomic mass is 10.1. The maximum absolute atomic E-state index is 10.2. The van der Waals surface area contributed by atoms with E-state index in [-0.39, 0.29) is 0 Å². The van der Waals surface area contributed by atoms with Crippen molar-refractivity contribution in [2.24, 2.45) is 10.3 Å². The molecule has 0 unspecified atom stereocenters. The average Bonchev–Trinajstić information content (AvgIpc) is 2.15. The molecule has 5 heteroatoms. The first kappa shape index (κ1) is 9.22. The van der Waals surface area contributed by atoms with Crippen molar-refractivity contribution in [3.05, 3.63) is 44.7 Å². The topological polar surface area (TPSA) is 78.2 Å². The molecular formula is C8H8N4O. The van der Waals surface area contributed by atoms with Gasteiger partial charge in [0, 0.05) is 4.91 Å². The molecule has 0 amide bonds. The van der Waals surface area contributed by atoms with Gasteiger partial charge in [-0.25, -0.2) is 0 Å². The Labute approximate surface area is 75.0 Å². The number of azide groups is 1. The molecule has 1 aromatic carbocycles. The van der Waals surface area contributed by atoms with E-state index in [0.717, 1.165) is 11.1 Å². The van der Waals surface area contributed by atoms with Crippen molar-refractivity contribution in [3.63, 3.8) is 0 Å². The van der Waals surface area contributed by atoms with Crippen LogP contribution in [0.3, 0.4) is 0 Å². The van der Waals surface area contributed by atoms with E-state index in [1.54, 1.807) is 25.1 Å². The predicted octanol–water partition coefficient (Wildman–Crippen LogP) is 3.20. The lowest BCUT2D eigenvalue weighted by Gasteiger charge is -1.99. The summed E-state index contributed by atoms with van der Waals surface area (Å²) in [4.78, 5) is 12.9. The highest BCUT2D eigenvalue weighted by molar-refractivity contribution is 5.46. The molecule has 0 aliphatic heterocycles. The van der Waals surface area contributed by atoms with Crippen molar-refractivity contribution in [3.8, 4) is 0 Å². The van der Waals surface area contributed by atoms with Gasteiger partial charge in [0.15, 0.2) is 0 Å². The zero-order valence-corrected chi connectivity index (χ0v) is 7.14. The van der Waals surface area contributed by atoms with Gasteiger partial charge in [0.05, 0.1) is 6.54 Å². The largest absolute Gasteiger partial charge is 0.145 e. The molecule has 0 aliphatic rings. The Morgan fingerprint density at radius 3 is 2.85 bits per heavy atom. The van der Waals surface area contributed by atoms with Gasteiger partial charge >= 0.3 is 0 Å². The fourth-order valence-electron chi connectivity index (χ4n) is 1.03. The molecule has 1 rings (SSSR count). The van der Waals surface area contributed by atoms with Crippen molar-refractivity contribution in [2.45, 2.75) is 13.5 Å². The minimum atomic E-state index is 0.302. The molecule has 66 valence electrons. The molecule has 0 heterocycles. The Kier molecular flexibility index (Phi) is 3.00. The second-order valence-electron chi connectivity index (χ2n) is 2.60. The third-order valence-electron chi connectivity index (χ3n) is 1.68. The molecule has 1 aromatic rings. The summed E-state index contributed by atoms with van der Waals surface area (Å²) in [5.41, 5.74) is 10.2. The summed E-state index contributed by atoms with van der Waals surface area (Å²) >= 11 is 0. The van der Waals surface area contributed by atoms with E-state index in [0.29, 0.717) is 12.2 Å². The third-order valence-corrected chi connectivity index (χ3v) is 1.68. The van der Waals surface area contributed by atoms with Crippen molar-refractivity contribution >= 4 is 5.69 Å². The van der Waals surface area contributed by atoms with Crippen molar-refractivity contribution in [1.29, 1.82) is 0 Å². The lowest BCUT2D eigenvalue weighted by molar-refractivity contribution is 1.04. The molecule has 5 nitrogen and oxygen atoms in total. The quantitative estimate of drug-likeness (QED) is 0.301. The van der Waals surface area contributed by atoms with E-state index in [9.17, 15) is 4.91 Å². The lowest BCUT2D eigenvalue weighted by Crippen LogP contribution is -1.82. The van der Waals surface area contributed by atoms with Gasteiger partial charge < -0.3 is 0 Å². The smallest absolute Gasteiger partial charge is 0.110 e. The fraction of sp³-hybridized carbons (Fsp3) is 0.250. The minimum Gasteiger partial charge on any atom is -0.145 e. The molecule has 0 N–H and O–H groups in total. The molecule has 0 bridgehead atoms. The standard InChI is InChI=1S/C8H8N4O/c1-6-4-7(5-10-12-9)2-3-8(6)11-13/h2-4H,5H2,1H3. The molecule has 0 saturated carbocycles. The Morgan fingerprint density at radius 2 is 2.31 bits per heavy atom. The van der Waals surface area contributed by atoms with E-state index in [2.05, 4.69) is 15.2 Å². The van der Waals surface area contributed by atoms with Crippen LogP contribution in [0.4, 0.5) is 5.69 Å². The minimum absolute atomic E-state index is 0.302. The van der Waals surface area contributed by atoms with Gasteiger partial charge in [-0.15, -0.1) is 4.91 Å². The van der Waals surface area contributed by atoms with Crippen LogP contribution in [0.1, 0.15) is 11.1 Å². The van der Waals surface area contributed by atoms with Crippen LogP contribution in [0.5, 0.6) is 0 Å². The maximum atomic E-state index is 10.2. The molecule has 13 heavy (non-hydrogen) atoms. The van der Waals surface area contributed by atoms with Crippen LogP contribution in [0.25, 0.3) is 10.4 Å². The highest BCUT2D eigenvalue weighted by Crippen LogP contribution is 2.19. The highest BCUT2D eigenvalue weighted by Gasteiger charge is 1.98. The summed E-state index contributed by atoms with van der Waals surface area (Å²) in [6, 6.07) is 5.12. The summed E-state index contributed by atoms with van der Waals surface area (Å²) in [5, 5.41) is 6.25. The van der Waals surface area contributed by atoms with Crippen LogP contribution in [-0.4, -0.2) is 0 Å². The molecule has 0 radical (unpaired) electrons. The van der Waals surface area contributed by atoms with Gasteiger partial charge in [0.25, 0.3) is 0 Å². The monoisotopic (exact) mass is 176 g/mol. The van der Waals surface area contributed by atoms with Gasteiger partial charge in [-0.2, -0.15) is 0 Å². The van der Waals surface area contributed by atoms with E-state index < -0.39 is 0 Å². The number of benzene rings is 1. The van der Waals surface area contributed by atoms with Crippen molar-refractivity contribution in [1.82, 2.24) is 0 Å². The summed E-state index contributed by atoms with van der Waals surface area (Å²) in [5.74, 6) is 0. The molecule has 0 saturated heterocycles. The van der Waals surface area contributed by atoms with E-state index >= 15 is 0 Å². The summed E-state index contributed by atoms with van der Waals surface area (Å²) in [6.45, 7) is 2.09. The van der Waals surface area contributed by atoms with E-state index in [4.69, 9.17) is 5.53 Å². The SMILES string of the molecule is Cc1cc(CN=[N+]=[N-])ccc1N=O. The van der Waals surface area contributed by atoms with Gasteiger partial charge in [-0.3, -0.25) is 0 Å². The highest BCUT2D eigenvalue weighted by atomic mass is 16.3. The van der Waals surface area contributed by atoms with Crippen molar-refractivity contribution in [2.75, 3.05) is 0 Å². The van der Waals surface area contributed by atoms with Gasteiger partial charge in [-0.1, -0.05) is 17.2 Å². The Morgan fingerprint density at radius 1 is 1.54 bits per heavy atom. The Hall–Kier alpha value is -1.87. The average molecular weight is 176 g/mol. The number of nitroso groups, excluding NO2 is 1. The molecule has 0 spiro atoms. The van der Waals surface area contributed by atoms with Gasteiger partial charge in [0.1, 0.15) is 5.69 Å². The van der Waals surface area contributed by atoms with Crippen LogP contribution in [0.2, 0.25) is 0 Å². The van der Waals surface area contributed by atoms with E-state index in [1.165, 1.54) is 0 Å². The second kappa shape index (κ2) is 4.23. The maximum Gasteiger partial charge on any atom is 0.110 e. The number of nitrogens with zero attached hydrogens (tertiary/aromatic N) is 4. The number of aryl methyl sites for hydroxylation is 1. The summed E-state index contributed by atoms with van der Waals surface area (Å²) in [6.07, 6.45) is 0. The van der Waals surface area contributed by atoms with Crippen LogP contribution >= 0.6 is 0 Å².